The number of hydrogen-bond acceptors (Lipinski definition) is 6. The van der Waals surface area contributed by atoms with Crippen LogP contribution in [0, 0.1) is 0 Å². The highest BCUT2D eigenvalue weighted by Gasteiger charge is 2.13. The average Bonchev–Trinajstić information content (AvgIpc) is 3.20. The molecule has 0 aliphatic rings. The third kappa shape index (κ3) is 3.68. The van der Waals surface area contributed by atoms with E-state index in [1.54, 1.807) is 13.2 Å². The molecule has 0 radical (unpaired) electrons. The molecule has 0 amide bonds. The second-order valence-corrected chi connectivity index (χ2v) is 8.93. The second-order valence-electron chi connectivity index (χ2n) is 6.96. The third-order valence-electron chi connectivity index (χ3n) is 5.01. The minimum atomic E-state index is -0.458. The Bertz CT molecular complexity index is 1550. The van der Waals surface area contributed by atoms with Gasteiger partial charge in [-0.05, 0) is 59.7 Å². The van der Waals surface area contributed by atoms with E-state index < -0.39 is 5.63 Å². The second kappa shape index (κ2) is 7.79. The summed E-state index contributed by atoms with van der Waals surface area (Å²) in [4.78, 5) is 30.6. The first-order valence-corrected chi connectivity index (χ1v) is 11.0. The molecule has 0 aliphatic heterocycles. The van der Waals surface area contributed by atoms with Crippen molar-refractivity contribution in [1.29, 1.82) is 0 Å². The number of fused-ring (bicyclic) bond motifs is 2. The number of rotatable bonds is 4. The zero-order chi connectivity index (χ0) is 21.5. The zero-order valence-electron chi connectivity index (χ0n) is 16.3. The third-order valence-corrected chi connectivity index (χ3v) is 6.67. The SMILES string of the molecule is COc1ccc(-c2cc3ncn(Cc4cc(=O)oc5cc(Br)ccc45)c(=O)c3s2)cc1. The lowest BCUT2D eigenvalue weighted by Gasteiger charge is -2.08. The van der Waals surface area contributed by atoms with E-state index in [-0.39, 0.29) is 12.1 Å². The molecular formula is C23H15BrN2O4S. The Labute approximate surface area is 188 Å². The van der Waals surface area contributed by atoms with Crippen LogP contribution in [-0.4, -0.2) is 16.7 Å². The van der Waals surface area contributed by atoms with Crippen LogP contribution in [0.4, 0.5) is 0 Å². The predicted molar refractivity (Wildman–Crippen MR) is 125 cm³/mol. The van der Waals surface area contributed by atoms with Crippen molar-refractivity contribution in [2.45, 2.75) is 6.54 Å². The summed E-state index contributed by atoms with van der Waals surface area (Å²) < 4.78 is 13.4. The Hall–Kier alpha value is -3.23. The summed E-state index contributed by atoms with van der Waals surface area (Å²) in [6.07, 6.45) is 1.52. The van der Waals surface area contributed by atoms with Gasteiger partial charge in [-0.15, -0.1) is 11.3 Å². The summed E-state index contributed by atoms with van der Waals surface area (Å²) in [5, 5.41) is 0.778. The Kier molecular flexibility index (Phi) is 4.95. The Morgan fingerprint density at radius 1 is 1.10 bits per heavy atom. The van der Waals surface area contributed by atoms with Crippen molar-refractivity contribution in [2.75, 3.05) is 7.11 Å². The molecule has 6 nitrogen and oxygen atoms in total. The highest BCUT2D eigenvalue weighted by molar-refractivity contribution is 9.10. The molecule has 3 aromatic heterocycles. The van der Waals surface area contributed by atoms with Gasteiger partial charge >= 0.3 is 5.63 Å². The summed E-state index contributed by atoms with van der Waals surface area (Å²) in [5.74, 6) is 0.775. The van der Waals surface area contributed by atoms with Gasteiger partial charge in [0, 0.05) is 20.8 Å². The van der Waals surface area contributed by atoms with Gasteiger partial charge in [0.25, 0.3) is 5.56 Å². The van der Waals surface area contributed by atoms with Crippen LogP contribution in [0.5, 0.6) is 5.75 Å². The number of hydrogen-bond donors (Lipinski definition) is 0. The van der Waals surface area contributed by atoms with Gasteiger partial charge in [0.15, 0.2) is 0 Å². The van der Waals surface area contributed by atoms with Crippen LogP contribution in [-0.2, 0) is 6.54 Å². The molecule has 0 saturated heterocycles. The summed E-state index contributed by atoms with van der Waals surface area (Å²) >= 11 is 4.78. The van der Waals surface area contributed by atoms with Gasteiger partial charge in [-0.25, -0.2) is 9.78 Å². The minimum absolute atomic E-state index is 0.145. The highest BCUT2D eigenvalue weighted by atomic mass is 79.9. The van der Waals surface area contributed by atoms with Crippen molar-refractivity contribution in [3.05, 3.63) is 91.7 Å². The lowest BCUT2D eigenvalue weighted by atomic mass is 10.1. The van der Waals surface area contributed by atoms with Crippen LogP contribution in [0.1, 0.15) is 5.56 Å². The molecule has 0 aliphatic carbocycles. The first kappa shape index (κ1) is 19.7. The predicted octanol–water partition coefficient (Wildman–Crippen LogP) is 5.05. The standard InChI is InChI=1S/C23H15BrN2O4S/c1-29-16-5-2-13(3-6-16)20-10-18-22(31-20)23(28)26(12-25-18)11-14-8-21(27)30-19-9-15(24)4-7-17(14)19/h2-10,12H,11H2,1H3. The molecule has 5 aromatic rings. The number of aromatic nitrogens is 2. The van der Waals surface area contributed by atoms with Crippen molar-refractivity contribution >= 4 is 48.5 Å². The molecule has 0 bridgehead atoms. The Morgan fingerprint density at radius 3 is 2.68 bits per heavy atom. The normalized spacial score (nSPS) is 11.3. The summed E-state index contributed by atoms with van der Waals surface area (Å²) in [6, 6.07) is 16.5. The number of ether oxygens (including phenoxy) is 1. The van der Waals surface area contributed by atoms with Crippen LogP contribution in [0.25, 0.3) is 31.6 Å². The minimum Gasteiger partial charge on any atom is -0.497 e. The van der Waals surface area contributed by atoms with E-state index in [0.29, 0.717) is 21.4 Å². The fourth-order valence-corrected chi connectivity index (χ4v) is 4.88. The van der Waals surface area contributed by atoms with E-state index >= 15 is 0 Å². The number of methoxy groups -OCH3 is 1. The lowest BCUT2D eigenvalue weighted by molar-refractivity contribution is 0.415. The van der Waals surface area contributed by atoms with Crippen molar-refractivity contribution < 1.29 is 9.15 Å². The van der Waals surface area contributed by atoms with E-state index in [1.807, 2.05) is 42.5 Å². The number of nitrogens with zero attached hydrogens (tertiary/aromatic N) is 2. The smallest absolute Gasteiger partial charge is 0.336 e. The zero-order valence-corrected chi connectivity index (χ0v) is 18.7. The van der Waals surface area contributed by atoms with E-state index in [9.17, 15) is 9.59 Å². The molecule has 31 heavy (non-hydrogen) atoms. The fraction of sp³-hybridized carbons (Fsp3) is 0.0870. The van der Waals surface area contributed by atoms with Crippen LogP contribution < -0.4 is 15.9 Å². The highest BCUT2D eigenvalue weighted by Crippen LogP contribution is 2.32. The molecule has 154 valence electrons. The number of thiophene rings is 1. The van der Waals surface area contributed by atoms with Crippen LogP contribution in [0.15, 0.2) is 79.4 Å². The Balaban J connectivity index is 1.57. The van der Waals surface area contributed by atoms with Gasteiger partial charge in [0.1, 0.15) is 16.0 Å². The summed E-state index contributed by atoms with van der Waals surface area (Å²) in [5.41, 5.74) is 2.21. The molecule has 0 fully saturated rings. The molecular weight excluding hydrogens is 480 g/mol. The molecule has 0 saturated carbocycles. The molecule has 8 heteroatoms. The Morgan fingerprint density at radius 2 is 1.90 bits per heavy atom. The molecule has 0 atom stereocenters. The van der Waals surface area contributed by atoms with Crippen molar-refractivity contribution in [3.63, 3.8) is 0 Å². The fourth-order valence-electron chi connectivity index (χ4n) is 3.47. The van der Waals surface area contributed by atoms with Crippen molar-refractivity contribution in [3.8, 4) is 16.2 Å². The first-order chi connectivity index (χ1) is 15.0. The van der Waals surface area contributed by atoms with Gasteiger partial charge < -0.3 is 9.15 Å². The summed E-state index contributed by atoms with van der Waals surface area (Å²) in [7, 11) is 1.62. The van der Waals surface area contributed by atoms with Crippen molar-refractivity contribution in [1.82, 2.24) is 9.55 Å². The van der Waals surface area contributed by atoms with Crippen LogP contribution >= 0.6 is 27.3 Å². The summed E-state index contributed by atoms with van der Waals surface area (Å²) in [6.45, 7) is 0.223. The number of halogens is 1. The van der Waals surface area contributed by atoms with E-state index in [1.165, 1.54) is 28.3 Å². The van der Waals surface area contributed by atoms with Gasteiger partial charge in [-0.1, -0.05) is 15.9 Å². The maximum Gasteiger partial charge on any atom is 0.336 e. The molecule has 3 heterocycles. The molecule has 5 rings (SSSR count). The topological polar surface area (TPSA) is 74.3 Å². The van der Waals surface area contributed by atoms with Crippen LogP contribution in [0.2, 0.25) is 0 Å². The van der Waals surface area contributed by atoms with Gasteiger partial charge in [-0.3, -0.25) is 9.36 Å². The molecule has 0 spiro atoms. The average molecular weight is 495 g/mol. The van der Waals surface area contributed by atoms with Crippen molar-refractivity contribution in [2.24, 2.45) is 0 Å². The van der Waals surface area contributed by atoms with E-state index in [0.717, 1.165) is 26.0 Å². The molecule has 0 unspecified atom stereocenters. The molecule has 2 aromatic carbocycles. The monoisotopic (exact) mass is 494 g/mol. The number of benzene rings is 2. The lowest BCUT2D eigenvalue weighted by Crippen LogP contribution is -2.21. The van der Waals surface area contributed by atoms with E-state index in [4.69, 9.17) is 9.15 Å². The van der Waals surface area contributed by atoms with Gasteiger partial charge in [-0.2, -0.15) is 0 Å². The molecule has 0 N–H and O–H groups in total. The largest absolute Gasteiger partial charge is 0.497 e. The van der Waals surface area contributed by atoms with Crippen LogP contribution in [0.3, 0.4) is 0 Å². The van der Waals surface area contributed by atoms with E-state index in [2.05, 4.69) is 20.9 Å². The van der Waals surface area contributed by atoms with Gasteiger partial charge in [0.2, 0.25) is 0 Å². The quantitative estimate of drug-likeness (QED) is 0.326. The maximum absolute atomic E-state index is 13.2. The van der Waals surface area contributed by atoms with Gasteiger partial charge in [0.05, 0.1) is 25.5 Å². The first-order valence-electron chi connectivity index (χ1n) is 9.37. The maximum atomic E-state index is 13.2.